The van der Waals surface area contributed by atoms with Gasteiger partial charge in [0.2, 0.25) is 0 Å². The first-order valence-corrected chi connectivity index (χ1v) is 6.79. The van der Waals surface area contributed by atoms with Crippen LogP contribution in [0.3, 0.4) is 0 Å². The lowest BCUT2D eigenvalue weighted by Gasteiger charge is -2.38. The Labute approximate surface area is 114 Å². The monoisotopic (exact) mass is 262 g/mol. The predicted molar refractivity (Wildman–Crippen MR) is 75.0 cm³/mol. The Hall–Kier alpha value is -1.62. The summed E-state index contributed by atoms with van der Waals surface area (Å²) in [5.41, 5.74) is 7.27. The van der Waals surface area contributed by atoms with E-state index >= 15 is 0 Å². The summed E-state index contributed by atoms with van der Waals surface area (Å²) in [7, 11) is 0. The minimum absolute atomic E-state index is 0.0771. The zero-order chi connectivity index (χ0) is 13.8. The van der Waals surface area contributed by atoms with Gasteiger partial charge in [-0.25, -0.2) is 0 Å². The largest absolute Gasteiger partial charge is 0.409 e. The summed E-state index contributed by atoms with van der Waals surface area (Å²) >= 11 is 0. The van der Waals surface area contributed by atoms with Gasteiger partial charge in [-0.2, -0.15) is 0 Å². The van der Waals surface area contributed by atoms with Crippen molar-refractivity contribution in [1.29, 1.82) is 0 Å². The number of amidine groups is 1. The third kappa shape index (κ3) is 3.04. The van der Waals surface area contributed by atoms with Crippen LogP contribution in [0.15, 0.2) is 23.5 Å². The highest BCUT2D eigenvalue weighted by Gasteiger charge is 2.25. The molecule has 1 saturated heterocycles. The zero-order valence-corrected chi connectivity index (χ0v) is 11.6. The molecule has 0 saturated carbocycles. The van der Waals surface area contributed by atoms with Gasteiger partial charge >= 0.3 is 0 Å². The number of aromatic nitrogens is 1. The van der Waals surface area contributed by atoms with Crippen LogP contribution < -0.4 is 5.73 Å². The molecular formula is C14H22N4O. The summed E-state index contributed by atoms with van der Waals surface area (Å²) in [6, 6.07) is 4.43. The summed E-state index contributed by atoms with van der Waals surface area (Å²) in [5.74, 6) is 0.783. The number of rotatable bonds is 3. The van der Waals surface area contributed by atoms with Gasteiger partial charge in [-0.3, -0.25) is 9.88 Å². The molecule has 1 aromatic heterocycles. The molecule has 2 rings (SSSR count). The first-order valence-electron chi connectivity index (χ1n) is 6.79. The Kier molecular flexibility index (Phi) is 4.37. The number of hydrogen-bond donors (Lipinski definition) is 2. The SMILES string of the molecule is CC1CCCN(Cc2cccnc2C(N)=NO)C1C. The highest BCUT2D eigenvalue weighted by Crippen LogP contribution is 2.24. The molecule has 2 heterocycles. The Morgan fingerprint density at radius 3 is 3.11 bits per heavy atom. The molecule has 2 atom stereocenters. The summed E-state index contributed by atoms with van der Waals surface area (Å²) in [4.78, 5) is 6.66. The minimum Gasteiger partial charge on any atom is -0.409 e. The van der Waals surface area contributed by atoms with Crippen molar-refractivity contribution in [2.75, 3.05) is 6.54 Å². The second kappa shape index (κ2) is 6.02. The highest BCUT2D eigenvalue weighted by molar-refractivity contribution is 5.96. The van der Waals surface area contributed by atoms with E-state index in [2.05, 4.69) is 28.9 Å². The molecule has 0 spiro atoms. The molecule has 1 fully saturated rings. The van der Waals surface area contributed by atoms with E-state index in [9.17, 15) is 0 Å². The summed E-state index contributed by atoms with van der Waals surface area (Å²) in [6.45, 7) is 6.45. The standard InChI is InChI=1S/C14H22N4O/c1-10-5-4-8-18(11(10)2)9-12-6-3-7-16-13(12)14(15)17-19/h3,6-7,10-11,19H,4-5,8-9H2,1-2H3,(H2,15,17). The molecule has 0 bridgehead atoms. The molecule has 19 heavy (non-hydrogen) atoms. The van der Waals surface area contributed by atoms with Crippen molar-refractivity contribution in [2.24, 2.45) is 16.8 Å². The van der Waals surface area contributed by atoms with Crippen molar-refractivity contribution >= 4 is 5.84 Å². The van der Waals surface area contributed by atoms with Crippen LogP contribution in [-0.2, 0) is 6.54 Å². The molecule has 0 amide bonds. The van der Waals surface area contributed by atoms with Crippen molar-refractivity contribution in [2.45, 2.75) is 39.3 Å². The van der Waals surface area contributed by atoms with E-state index in [4.69, 9.17) is 10.9 Å². The first kappa shape index (κ1) is 13.8. The smallest absolute Gasteiger partial charge is 0.189 e. The Bertz CT molecular complexity index is 461. The van der Waals surface area contributed by atoms with Gasteiger partial charge in [0.25, 0.3) is 0 Å². The lowest BCUT2D eigenvalue weighted by atomic mass is 9.91. The van der Waals surface area contributed by atoms with Crippen LogP contribution in [-0.4, -0.2) is 33.5 Å². The molecule has 0 aromatic carbocycles. The number of likely N-dealkylation sites (tertiary alicyclic amines) is 1. The van der Waals surface area contributed by atoms with Gasteiger partial charge in [0.15, 0.2) is 5.84 Å². The van der Waals surface area contributed by atoms with Crippen molar-refractivity contribution < 1.29 is 5.21 Å². The molecule has 1 aromatic rings. The number of nitrogens with zero attached hydrogens (tertiary/aromatic N) is 3. The van der Waals surface area contributed by atoms with E-state index in [0.29, 0.717) is 17.7 Å². The van der Waals surface area contributed by atoms with Crippen LogP contribution in [0, 0.1) is 5.92 Å². The molecule has 3 N–H and O–H groups in total. The molecule has 5 heteroatoms. The van der Waals surface area contributed by atoms with Gasteiger partial charge < -0.3 is 10.9 Å². The molecule has 2 unspecified atom stereocenters. The van der Waals surface area contributed by atoms with Crippen LogP contribution in [0.25, 0.3) is 0 Å². The van der Waals surface area contributed by atoms with E-state index in [1.807, 2.05) is 12.1 Å². The summed E-state index contributed by atoms with van der Waals surface area (Å²) < 4.78 is 0. The molecule has 0 radical (unpaired) electrons. The fourth-order valence-corrected chi connectivity index (χ4v) is 2.71. The van der Waals surface area contributed by atoms with E-state index in [0.717, 1.165) is 18.7 Å². The highest BCUT2D eigenvalue weighted by atomic mass is 16.4. The fourth-order valence-electron chi connectivity index (χ4n) is 2.71. The van der Waals surface area contributed by atoms with Gasteiger partial charge in [-0.15, -0.1) is 0 Å². The maximum absolute atomic E-state index is 8.82. The zero-order valence-electron chi connectivity index (χ0n) is 11.6. The molecule has 0 aliphatic carbocycles. The van der Waals surface area contributed by atoms with Crippen LogP contribution >= 0.6 is 0 Å². The normalized spacial score (nSPS) is 25.5. The predicted octanol–water partition coefficient (Wildman–Crippen LogP) is 1.80. The van der Waals surface area contributed by atoms with Crippen molar-refractivity contribution in [3.8, 4) is 0 Å². The van der Waals surface area contributed by atoms with Crippen molar-refractivity contribution in [3.05, 3.63) is 29.6 Å². The maximum Gasteiger partial charge on any atom is 0.189 e. The van der Waals surface area contributed by atoms with Gasteiger partial charge in [0, 0.05) is 18.8 Å². The topological polar surface area (TPSA) is 74.7 Å². The van der Waals surface area contributed by atoms with E-state index in [1.165, 1.54) is 12.8 Å². The number of nitrogens with two attached hydrogens (primary N) is 1. The van der Waals surface area contributed by atoms with Gasteiger partial charge in [-0.1, -0.05) is 18.1 Å². The van der Waals surface area contributed by atoms with Crippen LogP contribution in [0.2, 0.25) is 0 Å². The average molecular weight is 262 g/mol. The van der Waals surface area contributed by atoms with Gasteiger partial charge in [0.1, 0.15) is 5.69 Å². The maximum atomic E-state index is 8.82. The minimum atomic E-state index is 0.0771. The van der Waals surface area contributed by atoms with Crippen LogP contribution in [0.5, 0.6) is 0 Å². The van der Waals surface area contributed by atoms with E-state index in [1.54, 1.807) is 6.20 Å². The third-order valence-electron chi connectivity index (χ3n) is 4.12. The number of hydrogen-bond acceptors (Lipinski definition) is 4. The molecule has 104 valence electrons. The summed E-state index contributed by atoms with van der Waals surface area (Å²) in [6.07, 6.45) is 4.18. The molecule has 1 aliphatic heterocycles. The second-order valence-electron chi connectivity index (χ2n) is 5.33. The molecule has 1 aliphatic rings. The Morgan fingerprint density at radius 2 is 2.37 bits per heavy atom. The Morgan fingerprint density at radius 1 is 1.58 bits per heavy atom. The number of piperidine rings is 1. The van der Waals surface area contributed by atoms with Gasteiger partial charge in [0.05, 0.1) is 0 Å². The van der Waals surface area contributed by atoms with Gasteiger partial charge in [-0.05, 0) is 43.9 Å². The van der Waals surface area contributed by atoms with E-state index in [-0.39, 0.29) is 5.84 Å². The van der Waals surface area contributed by atoms with Crippen LogP contribution in [0.4, 0.5) is 0 Å². The quantitative estimate of drug-likeness (QED) is 0.377. The van der Waals surface area contributed by atoms with Crippen molar-refractivity contribution in [3.63, 3.8) is 0 Å². The lowest BCUT2D eigenvalue weighted by Crippen LogP contribution is -2.42. The number of pyridine rings is 1. The molecular weight excluding hydrogens is 240 g/mol. The van der Waals surface area contributed by atoms with Crippen LogP contribution in [0.1, 0.15) is 37.9 Å². The third-order valence-corrected chi connectivity index (χ3v) is 4.12. The lowest BCUT2D eigenvalue weighted by molar-refractivity contribution is 0.106. The first-order chi connectivity index (χ1) is 9.13. The number of oxime groups is 1. The fraction of sp³-hybridized carbons (Fsp3) is 0.571. The average Bonchev–Trinajstić information content (AvgIpc) is 2.43. The Balaban J connectivity index is 2.19. The summed E-state index contributed by atoms with van der Waals surface area (Å²) in [5, 5.41) is 11.9. The van der Waals surface area contributed by atoms with Crippen molar-refractivity contribution in [1.82, 2.24) is 9.88 Å². The second-order valence-corrected chi connectivity index (χ2v) is 5.33. The van der Waals surface area contributed by atoms with E-state index < -0.39 is 0 Å². The molecule has 5 nitrogen and oxygen atoms in total.